The Hall–Kier alpha value is -0.380. The maximum atomic E-state index is 5.60. The summed E-state index contributed by atoms with van der Waals surface area (Å²) in [5, 5.41) is 3.35. The molecule has 1 fully saturated rings. The maximum Gasteiger partial charge on any atom is 0.112 e. The van der Waals surface area contributed by atoms with Crippen molar-refractivity contribution in [3.05, 3.63) is 34.3 Å². The summed E-state index contributed by atoms with van der Waals surface area (Å²) in [4.78, 5) is 0. The zero-order valence-electron chi connectivity index (χ0n) is 8.00. The van der Waals surface area contributed by atoms with Crippen LogP contribution >= 0.6 is 15.9 Å². The van der Waals surface area contributed by atoms with Crippen LogP contribution in [0.2, 0.25) is 0 Å². The predicted octanol–water partition coefficient (Wildman–Crippen LogP) is 2.33. The molecule has 1 aliphatic rings. The van der Waals surface area contributed by atoms with Crippen LogP contribution in [0.15, 0.2) is 28.7 Å². The Morgan fingerprint density at radius 1 is 1.50 bits per heavy atom. The fourth-order valence-electron chi connectivity index (χ4n) is 1.63. The lowest BCUT2D eigenvalue weighted by molar-refractivity contribution is 0.00194. The number of hydrogen-bond acceptors (Lipinski definition) is 2. The largest absolute Gasteiger partial charge is 0.363 e. The van der Waals surface area contributed by atoms with Gasteiger partial charge in [-0.2, -0.15) is 0 Å². The zero-order chi connectivity index (χ0) is 9.80. The summed E-state index contributed by atoms with van der Waals surface area (Å²) in [6.07, 6.45) is 2.26. The van der Waals surface area contributed by atoms with Crippen LogP contribution in [-0.4, -0.2) is 19.4 Å². The highest BCUT2D eigenvalue weighted by molar-refractivity contribution is 9.10. The molecule has 0 aliphatic carbocycles. The van der Waals surface area contributed by atoms with Crippen LogP contribution in [0.4, 0.5) is 0 Å². The Morgan fingerprint density at radius 3 is 3.14 bits per heavy atom. The summed E-state index contributed by atoms with van der Waals surface area (Å²) in [6.45, 7) is 1.95. The minimum atomic E-state index is 0.193. The molecule has 76 valence electrons. The van der Waals surface area contributed by atoms with Crippen LogP contribution in [-0.2, 0) is 11.2 Å². The molecule has 0 aromatic heterocycles. The molecule has 3 heteroatoms. The summed E-state index contributed by atoms with van der Waals surface area (Å²) >= 11 is 3.47. The van der Waals surface area contributed by atoms with Crippen molar-refractivity contribution in [2.75, 3.05) is 13.2 Å². The van der Waals surface area contributed by atoms with Gasteiger partial charge in [0, 0.05) is 17.5 Å². The minimum absolute atomic E-state index is 0.193. The lowest BCUT2D eigenvalue weighted by Gasteiger charge is -2.24. The highest BCUT2D eigenvalue weighted by Crippen LogP contribution is 2.14. The van der Waals surface area contributed by atoms with E-state index in [0.717, 1.165) is 30.5 Å². The van der Waals surface area contributed by atoms with Gasteiger partial charge in [0.05, 0.1) is 0 Å². The van der Waals surface area contributed by atoms with Crippen molar-refractivity contribution in [2.24, 2.45) is 0 Å². The van der Waals surface area contributed by atoms with Gasteiger partial charge < -0.3 is 4.74 Å². The highest BCUT2D eigenvalue weighted by atomic mass is 79.9. The Labute approximate surface area is 92.8 Å². The number of halogens is 1. The minimum Gasteiger partial charge on any atom is -0.363 e. The van der Waals surface area contributed by atoms with Gasteiger partial charge in [0.1, 0.15) is 6.23 Å². The number of nitrogens with one attached hydrogen (secondary N) is 1. The lowest BCUT2D eigenvalue weighted by Crippen LogP contribution is -2.39. The highest BCUT2D eigenvalue weighted by Gasteiger charge is 2.12. The lowest BCUT2D eigenvalue weighted by atomic mass is 10.1. The van der Waals surface area contributed by atoms with E-state index in [2.05, 4.69) is 39.4 Å². The molecule has 1 unspecified atom stereocenters. The van der Waals surface area contributed by atoms with E-state index in [0.29, 0.717) is 0 Å². The average Bonchev–Trinajstić information content (AvgIpc) is 2.19. The molecule has 2 rings (SSSR count). The first-order chi connectivity index (χ1) is 6.84. The topological polar surface area (TPSA) is 21.3 Å². The van der Waals surface area contributed by atoms with Crippen LogP contribution in [0.1, 0.15) is 12.0 Å². The van der Waals surface area contributed by atoms with Crippen molar-refractivity contribution in [2.45, 2.75) is 19.1 Å². The molecule has 2 nitrogen and oxygen atoms in total. The van der Waals surface area contributed by atoms with Gasteiger partial charge in [-0.15, -0.1) is 0 Å². The molecule has 0 spiro atoms. The van der Waals surface area contributed by atoms with Crippen molar-refractivity contribution in [3.8, 4) is 0 Å². The van der Waals surface area contributed by atoms with Gasteiger partial charge in [0.25, 0.3) is 0 Å². The molecule has 0 radical (unpaired) electrons. The molecule has 1 saturated heterocycles. The molecule has 1 aromatic carbocycles. The Balaban J connectivity index is 1.95. The zero-order valence-corrected chi connectivity index (χ0v) is 9.59. The molecule has 1 aromatic rings. The van der Waals surface area contributed by atoms with Crippen molar-refractivity contribution < 1.29 is 4.74 Å². The van der Waals surface area contributed by atoms with Crippen LogP contribution in [0.25, 0.3) is 0 Å². The van der Waals surface area contributed by atoms with Crippen molar-refractivity contribution in [1.82, 2.24) is 5.32 Å². The molecule has 14 heavy (non-hydrogen) atoms. The van der Waals surface area contributed by atoms with E-state index >= 15 is 0 Å². The smallest absolute Gasteiger partial charge is 0.112 e. The fraction of sp³-hybridized carbons (Fsp3) is 0.455. The van der Waals surface area contributed by atoms with Crippen molar-refractivity contribution in [3.63, 3.8) is 0 Å². The normalized spacial score (nSPS) is 22.2. The summed E-state index contributed by atoms with van der Waals surface area (Å²) < 4.78 is 6.73. The molecule has 0 amide bonds. The SMILES string of the molecule is Brc1cccc(CC2NCCCO2)c1. The summed E-state index contributed by atoms with van der Waals surface area (Å²) in [7, 11) is 0. The molecule has 0 saturated carbocycles. The first-order valence-electron chi connectivity index (χ1n) is 4.94. The molecule has 1 heterocycles. The third-order valence-electron chi connectivity index (χ3n) is 2.32. The van der Waals surface area contributed by atoms with Crippen molar-refractivity contribution in [1.29, 1.82) is 0 Å². The Bertz CT molecular complexity index is 297. The van der Waals surface area contributed by atoms with Crippen LogP contribution in [0.3, 0.4) is 0 Å². The third kappa shape index (κ3) is 2.80. The second-order valence-electron chi connectivity index (χ2n) is 3.50. The van der Waals surface area contributed by atoms with E-state index in [-0.39, 0.29) is 6.23 Å². The van der Waals surface area contributed by atoms with E-state index < -0.39 is 0 Å². The van der Waals surface area contributed by atoms with E-state index in [4.69, 9.17) is 4.74 Å². The number of rotatable bonds is 2. The van der Waals surface area contributed by atoms with Gasteiger partial charge in [0.2, 0.25) is 0 Å². The molecule has 1 aliphatic heterocycles. The first-order valence-corrected chi connectivity index (χ1v) is 5.73. The van der Waals surface area contributed by atoms with Crippen molar-refractivity contribution >= 4 is 15.9 Å². The Morgan fingerprint density at radius 2 is 2.43 bits per heavy atom. The summed E-state index contributed by atoms with van der Waals surface area (Å²) in [5.41, 5.74) is 1.30. The van der Waals surface area contributed by atoms with E-state index in [1.807, 2.05) is 6.07 Å². The fourth-order valence-corrected chi connectivity index (χ4v) is 2.08. The van der Waals surface area contributed by atoms with E-state index in [1.54, 1.807) is 0 Å². The number of ether oxygens (including phenoxy) is 1. The molecule has 1 N–H and O–H groups in total. The van der Waals surface area contributed by atoms with E-state index in [9.17, 15) is 0 Å². The number of hydrogen-bond donors (Lipinski definition) is 1. The summed E-state index contributed by atoms with van der Waals surface area (Å²) in [5.74, 6) is 0. The molecule has 0 bridgehead atoms. The van der Waals surface area contributed by atoms with Gasteiger partial charge in [-0.05, 0) is 30.7 Å². The van der Waals surface area contributed by atoms with E-state index in [1.165, 1.54) is 5.56 Å². The molecular weight excluding hydrogens is 242 g/mol. The molecule has 1 atom stereocenters. The van der Waals surface area contributed by atoms with Crippen LogP contribution < -0.4 is 5.32 Å². The average molecular weight is 256 g/mol. The maximum absolute atomic E-state index is 5.60. The molecular formula is C11H14BrNO. The quantitative estimate of drug-likeness (QED) is 0.876. The van der Waals surface area contributed by atoms with Gasteiger partial charge in [-0.25, -0.2) is 0 Å². The Kier molecular flexibility index (Phi) is 3.56. The van der Waals surface area contributed by atoms with Gasteiger partial charge in [-0.1, -0.05) is 28.1 Å². The second-order valence-corrected chi connectivity index (χ2v) is 4.42. The second kappa shape index (κ2) is 4.91. The van der Waals surface area contributed by atoms with Crippen LogP contribution in [0.5, 0.6) is 0 Å². The predicted molar refractivity (Wildman–Crippen MR) is 60.2 cm³/mol. The van der Waals surface area contributed by atoms with Gasteiger partial charge >= 0.3 is 0 Å². The third-order valence-corrected chi connectivity index (χ3v) is 2.82. The summed E-state index contributed by atoms with van der Waals surface area (Å²) in [6, 6.07) is 8.37. The first kappa shape index (κ1) is 10.1. The number of benzene rings is 1. The van der Waals surface area contributed by atoms with Crippen LogP contribution in [0, 0.1) is 0 Å². The van der Waals surface area contributed by atoms with Gasteiger partial charge in [0.15, 0.2) is 0 Å². The standard InChI is InChI=1S/C11H14BrNO/c12-10-4-1-3-9(7-10)8-11-13-5-2-6-14-11/h1,3-4,7,11,13H,2,5-6,8H2. The monoisotopic (exact) mass is 255 g/mol. The van der Waals surface area contributed by atoms with Gasteiger partial charge in [-0.3, -0.25) is 5.32 Å².